The van der Waals surface area contributed by atoms with Crippen molar-refractivity contribution in [1.29, 1.82) is 0 Å². The number of allylic oxidation sites excluding steroid dienone is 2. The van der Waals surface area contributed by atoms with Crippen LogP contribution in [-0.2, 0) is 4.74 Å². The summed E-state index contributed by atoms with van der Waals surface area (Å²) in [4.78, 5) is 2.32. The van der Waals surface area contributed by atoms with Gasteiger partial charge in [-0.05, 0) is 32.8 Å². The van der Waals surface area contributed by atoms with Crippen LogP contribution in [0.5, 0.6) is 0 Å². The predicted molar refractivity (Wildman–Crippen MR) is 77.4 cm³/mol. The minimum atomic E-state index is -0.106. The number of H-pyrrole nitrogens is 1. The van der Waals surface area contributed by atoms with Gasteiger partial charge in [0.2, 0.25) is 0 Å². The normalized spacial score (nSPS) is 21.9. The molecule has 4 heteroatoms. The van der Waals surface area contributed by atoms with Gasteiger partial charge < -0.3 is 9.64 Å². The molecule has 1 aliphatic carbocycles. The second-order valence-electron chi connectivity index (χ2n) is 5.78. The topological polar surface area (TPSA) is 41.2 Å². The van der Waals surface area contributed by atoms with E-state index in [1.54, 1.807) is 0 Å². The van der Waals surface area contributed by atoms with Gasteiger partial charge in [0.1, 0.15) is 0 Å². The number of morpholine rings is 1. The van der Waals surface area contributed by atoms with Crippen LogP contribution in [0.4, 0.5) is 5.82 Å². The van der Waals surface area contributed by atoms with E-state index in [2.05, 4.69) is 53.2 Å². The molecule has 1 N–H and O–H groups in total. The Kier molecular flexibility index (Phi) is 3.19. The molecule has 19 heavy (non-hydrogen) atoms. The number of fused-ring (bicyclic) bond motifs is 1. The van der Waals surface area contributed by atoms with Gasteiger partial charge in [0.05, 0.1) is 17.6 Å². The van der Waals surface area contributed by atoms with Crippen LogP contribution in [-0.4, -0.2) is 35.5 Å². The summed E-state index contributed by atoms with van der Waals surface area (Å²) in [6.07, 6.45) is 10.9. The third-order valence-electron chi connectivity index (χ3n) is 3.62. The number of hydrogen-bond donors (Lipinski definition) is 1. The van der Waals surface area contributed by atoms with E-state index >= 15 is 0 Å². The van der Waals surface area contributed by atoms with Crippen LogP contribution in [0.25, 0.3) is 12.2 Å². The zero-order valence-corrected chi connectivity index (χ0v) is 11.6. The highest BCUT2D eigenvalue weighted by atomic mass is 16.5. The Hall–Kier alpha value is -1.55. The first-order valence-electron chi connectivity index (χ1n) is 6.96. The van der Waals surface area contributed by atoms with Crippen LogP contribution < -0.4 is 15.5 Å². The fourth-order valence-electron chi connectivity index (χ4n) is 2.70. The summed E-state index contributed by atoms with van der Waals surface area (Å²) < 4.78 is 5.77. The van der Waals surface area contributed by atoms with Gasteiger partial charge in [-0.1, -0.05) is 18.2 Å². The van der Waals surface area contributed by atoms with Gasteiger partial charge in [0.15, 0.2) is 5.82 Å². The molecule has 1 aromatic heterocycles. The van der Waals surface area contributed by atoms with E-state index < -0.39 is 0 Å². The average molecular weight is 259 g/mol. The van der Waals surface area contributed by atoms with Gasteiger partial charge in [0, 0.05) is 18.3 Å². The molecule has 0 saturated carbocycles. The number of ether oxygens (including phenoxy) is 1. The van der Waals surface area contributed by atoms with E-state index in [1.165, 1.54) is 5.22 Å². The Morgan fingerprint density at radius 1 is 1.37 bits per heavy atom. The third kappa shape index (κ3) is 2.59. The highest BCUT2D eigenvalue weighted by Gasteiger charge is 2.28. The molecular weight excluding hydrogens is 238 g/mol. The highest BCUT2D eigenvalue weighted by molar-refractivity contribution is 5.51. The molecule has 0 atom stereocenters. The average Bonchev–Trinajstić information content (AvgIpc) is 2.70. The number of anilines is 1. The van der Waals surface area contributed by atoms with Crippen molar-refractivity contribution in [3.8, 4) is 0 Å². The second-order valence-corrected chi connectivity index (χ2v) is 5.78. The monoisotopic (exact) mass is 259 g/mol. The molecule has 4 nitrogen and oxygen atoms in total. The van der Waals surface area contributed by atoms with Gasteiger partial charge in [0.25, 0.3) is 0 Å². The number of nitrogens with zero attached hydrogens (tertiary/aromatic N) is 2. The molecule has 0 radical (unpaired) electrons. The Labute approximate surface area is 113 Å². The van der Waals surface area contributed by atoms with Crippen LogP contribution in [0.2, 0.25) is 0 Å². The van der Waals surface area contributed by atoms with Crippen molar-refractivity contribution in [3.63, 3.8) is 0 Å². The van der Waals surface area contributed by atoms with Gasteiger partial charge >= 0.3 is 0 Å². The third-order valence-corrected chi connectivity index (χ3v) is 3.62. The molecule has 3 rings (SSSR count). The molecule has 0 bridgehead atoms. The Morgan fingerprint density at radius 2 is 2.26 bits per heavy atom. The van der Waals surface area contributed by atoms with Crippen molar-refractivity contribution in [2.75, 3.05) is 24.6 Å². The van der Waals surface area contributed by atoms with Crippen LogP contribution in [0, 0.1) is 0 Å². The van der Waals surface area contributed by atoms with Crippen molar-refractivity contribution >= 4 is 18.0 Å². The number of aromatic nitrogens is 2. The van der Waals surface area contributed by atoms with Gasteiger partial charge in [-0.3, -0.25) is 5.10 Å². The van der Waals surface area contributed by atoms with Crippen molar-refractivity contribution in [2.24, 2.45) is 0 Å². The summed E-state index contributed by atoms with van der Waals surface area (Å²) in [5.74, 6) is 1.05. The fraction of sp³-hybridized carbons (Fsp3) is 0.533. The van der Waals surface area contributed by atoms with Gasteiger partial charge in [-0.25, -0.2) is 0 Å². The summed E-state index contributed by atoms with van der Waals surface area (Å²) in [5, 5.41) is 10.0. The minimum Gasteiger partial charge on any atom is -0.372 e. The molecule has 0 unspecified atom stereocenters. The second kappa shape index (κ2) is 4.85. The standard InChI is InChI=1S/C15H21N3O/c1-15(2)11-18(9-10-19-15)14-12-7-5-3-4-6-8-13(12)16-17-14/h3,5,7-8,16H,4,6,9-11H2,1-2H3. The molecule has 0 aromatic carbocycles. The quantitative estimate of drug-likeness (QED) is 0.816. The zero-order chi connectivity index (χ0) is 13.3. The van der Waals surface area contributed by atoms with E-state index in [0.717, 1.165) is 43.7 Å². The molecule has 2 heterocycles. The lowest BCUT2D eigenvalue weighted by Crippen LogP contribution is -2.50. The van der Waals surface area contributed by atoms with E-state index in [1.807, 2.05) is 0 Å². The van der Waals surface area contributed by atoms with Crippen molar-refractivity contribution in [1.82, 2.24) is 10.2 Å². The van der Waals surface area contributed by atoms with Crippen LogP contribution in [0.1, 0.15) is 26.7 Å². The molecule has 1 saturated heterocycles. The minimum absolute atomic E-state index is 0.106. The van der Waals surface area contributed by atoms with E-state index in [-0.39, 0.29) is 5.60 Å². The smallest absolute Gasteiger partial charge is 0.158 e. The van der Waals surface area contributed by atoms with Gasteiger partial charge in [-0.15, -0.1) is 0 Å². The van der Waals surface area contributed by atoms with Crippen molar-refractivity contribution in [3.05, 3.63) is 22.7 Å². The molecule has 1 fully saturated rings. The summed E-state index contributed by atoms with van der Waals surface area (Å²) >= 11 is 0. The maximum absolute atomic E-state index is 5.77. The van der Waals surface area contributed by atoms with Gasteiger partial charge in [-0.2, -0.15) is 5.10 Å². The maximum atomic E-state index is 5.77. The highest BCUT2D eigenvalue weighted by Crippen LogP contribution is 2.18. The van der Waals surface area contributed by atoms with Crippen LogP contribution >= 0.6 is 0 Å². The summed E-state index contributed by atoms with van der Waals surface area (Å²) in [5.41, 5.74) is -0.106. The first-order valence-corrected chi connectivity index (χ1v) is 6.96. The van der Waals surface area contributed by atoms with Crippen molar-refractivity contribution < 1.29 is 4.74 Å². The first kappa shape index (κ1) is 12.5. The van der Waals surface area contributed by atoms with Crippen LogP contribution in [0.15, 0.2) is 12.2 Å². The lowest BCUT2D eigenvalue weighted by atomic mass is 10.1. The van der Waals surface area contributed by atoms with E-state index in [9.17, 15) is 0 Å². The fourth-order valence-corrected chi connectivity index (χ4v) is 2.70. The number of nitrogens with one attached hydrogen (secondary N) is 1. The van der Waals surface area contributed by atoms with Crippen LogP contribution in [0.3, 0.4) is 0 Å². The molecule has 2 aliphatic rings. The molecule has 0 spiro atoms. The number of hydrogen-bond acceptors (Lipinski definition) is 3. The number of aromatic amines is 1. The van der Waals surface area contributed by atoms with Crippen molar-refractivity contribution in [2.45, 2.75) is 32.3 Å². The lowest BCUT2D eigenvalue weighted by Gasteiger charge is -2.38. The number of rotatable bonds is 1. The summed E-state index contributed by atoms with van der Waals surface area (Å²) in [7, 11) is 0. The largest absolute Gasteiger partial charge is 0.372 e. The zero-order valence-electron chi connectivity index (χ0n) is 11.6. The molecule has 1 aromatic rings. The first-order chi connectivity index (χ1) is 9.16. The summed E-state index contributed by atoms with van der Waals surface area (Å²) in [6.45, 7) is 6.80. The molecular formula is C15H21N3O. The molecule has 0 amide bonds. The Morgan fingerprint density at radius 3 is 3.11 bits per heavy atom. The summed E-state index contributed by atoms with van der Waals surface area (Å²) in [6, 6.07) is 0. The maximum Gasteiger partial charge on any atom is 0.158 e. The Balaban J connectivity index is 2.01. The predicted octanol–water partition coefficient (Wildman–Crippen LogP) is 0.936. The lowest BCUT2D eigenvalue weighted by molar-refractivity contribution is -0.0279. The molecule has 102 valence electrons. The van der Waals surface area contributed by atoms with E-state index in [4.69, 9.17) is 4.74 Å². The Bertz CT molecular complexity index is 597. The van der Waals surface area contributed by atoms with E-state index in [0.29, 0.717) is 0 Å². The SMILES string of the molecule is CC1(C)CN(c2n[nH]c3c2=CC=CCCC=3)CCO1. The molecule has 1 aliphatic heterocycles.